The number of rotatable bonds is 4. The van der Waals surface area contributed by atoms with Crippen molar-refractivity contribution < 1.29 is 9.47 Å². The molecule has 2 fully saturated rings. The molecule has 2 N–H and O–H groups in total. The first kappa shape index (κ1) is 14.5. The van der Waals surface area contributed by atoms with E-state index in [1.54, 1.807) is 7.11 Å². The Hall–Kier alpha value is -1.46. The Morgan fingerprint density at radius 2 is 1.76 bits per heavy atom. The fraction of sp³-hybridized carbons (Fsp3) is 0.625. The summed E-state index contributed by atoms with van der Waals surface area (Å²) >= 11 is 0. The molecule has 0 spiro atoms. The molecule has 0 radical (unpaired) electrons. The summed E-state index contributed by atoms with van der Waals surface area (Å²) in [6, 6.07) is 6.23. The van der Waals surface area contributed by atoms with Gasteiger partial charge in [0.05, 0.1) is 13.2 Å². The lowest BCUT2D eigenvalue weighted by Crippen LogP contribution is -2.49. The van der Waals surface area contributed by atoms with Gasteiger partial charge < -0.3 is 14.4 Å². The minimum absolute atomic E-state index is 0.343. The molecular weight excluding hydrogens is 266 g/mol. The van der Waals surface area contributed by atoms with Crippen LogP contribution in [-0.2, 0) is 0 Å². The van der Waals surface area contributed by atoms with Crippen molar-refractivity contribution in [2.75, 3.05) is 38.2 Å². The summed E-state index contributed by atoms with van der Waals surface area (Å²) in [5, 5.41) is 1.87. The summed E-state index contributed by atoms with van der Waals surface area (Å²) in [4.78, 5) is 2.35. The van der Waals surface area contributed by atoms with Gasteiger partial charge in [0.2, 0.25) is 0 Å². The second kappa shape index (κ2) is 6.54. The molecule has 0 atom stereocenters. The van der Waals surface area contributed by atoms with Crippen molar-refractivity contribution in [1.29, 1.82) is 0 Å². The van der Waals surface area contributed by atoms with E-state index >= 15 is 0 Å². The van der Waals surface area contributed by atoms with Crippen LogP contribution in [0.4, 0.5) is 5.69 Å². The summed E-state index contributed by atoms with van der Waals surface area (Å²) in [6.07, 6.45) is 5.18. The number of hydrogen-bond donors (Lipinski definition) is 1. The monoisotopic (exact) mass is 291 g/mol. The standard InChI is InChI=1S/C16H25N3O2/c1-20-15-7-6-13(18-8-10-19(17)11-9-18)12-16(15)21-14-4-2-3-5-14/h6-7,12,14H,2-5,8-11,17H2,1H3. The molecule has 5 heteroatoms. The molecule has 1 heterocycles. The summed E-state index contributed by atoms with van der Waals surface area (Å²) in [5.74, 6) is 7.52. The van der Waals surface area contributed by atoms with Crippen molar-refractivity contribution in [1.82, 2.24) is 5.01 Å². The number of hydrazine groups is 1. The Bertz CT molecular complexity index is 467. The Kier molecular flexibility index (Phi) is 4.51. The third-order valence-corrected chi connectivity index (χ3v) is 4.42. The van der Waals surface area contributed by atoms with Gasteiger partial charge in [-0.05, 0) is 37.8 Å². The third-order valence-electron chi connectivity index (χ3n) is 4.42. The van der Waals surface area contributed by atoms with E-state index in [9.17, 15) is 0 Å². The van der Waals surface area contributed by atoms with E-state index in [0.29, 0.717) is 6.10 Å². The molecule has 2 aliphatic rings. The number of piperazine rings is 1. The largest absolute Gasteiger partial charge is 0.493 e. The van der Waals surface area contributed by atoms with E-state index in [1.165, 1.54) is 18.5 Å². The Morgan fingerprint density at radius 1 is 1.05 bits per heavy atom. The Labute approximate surface area is 126 Å². The van der Waals surface area contributed by atoms with Gasteiger partial charge in [-0.25, -0.2) is 5.01 Å². The highest BCUT2D eigenvalue weighted by molar-refractivity contribution is 5.56. The minimum Gasteiger partial charge on any atom is -0.493 e. The van der Waals surface area contributed by atoms with Crippen LogP contribution in [0.5, 0.6) is 11.5 Å². The van der Waals surface area contributed by atoms with Crippen LogP contribution in [0.25, 0.3) is 0 Å². The number of nitrogens with zero attached hydrogens (tertiary/aromatic N) is 2. The first-order chi connectivity index (χ1) is 10.3. The van der Waals surface area contributed by atoms with Crippen LogP contribution in [0.2, 0.25) is 0 Å². The van der Waals surface area contributed by atoms with E-state index in [-0.39, 0.29) is 0 Å². The molecule has 1 saturated heterocycles. The molecule has 0 amide bonds. The van der Waals surface area contributed by atoms with Crippen molar-refractivity contribution in [3.8, 4) is 11.5 Å². The first-order valence-corrected chi connectivity index (χ1v) is 7.85. The molecule has 1 aliphatic heterocycles. The second-order valence-electron chi connectivity index (χ2n) is 5.88. The van der Waals surface area contributed by atoms with Crippen molar-refractivity contribution in [2.24, 2.45) is 5.84 Å². The number of benzene rings is 1. The van der Waals surface area contributed by atoms with E-state index < -0.39 is 0 Å². The average molecular weight is 291 g/mol. The van der Waals surface area contributed by atoms with Gasteiger partial charge in [-0.3, -0.25) is 5.84 Å². The van der Waals surface area contributed by atoms with Gasteiger partial charge >= 0.3 is 0 Å². The van der Waals surface area contributed by atoms with Crippen LogP contribution in [0.1, 0.15) is 25.7 Å². The lowest BCUT2D eigenvalue weighted by atomic mass is 10.2. The van der Waals surface area contributed by atoms with Crippen molar-refractivity contribution in [3.05, 3.63) is 18.2 Å². The van der Waals surface area contributed by atoms with Gasteiger partial charge in [-0.15, -0.1) is 0 Å². The molecule has 1 saturated carbocycles. The van der Waals surface area contributed by atoms with Crippen molar-refractivity contribution in [2.45, 2.75) is 31.8 Å². The lowest BCUT2D eigenvalue weighted by molar-refractivity contribution is 0.200. The number of ether oxygens (including phenoxy) is 2. The van der Waals surface area contributed by atoms with Gasteiger partial charge in [0.15, 0.2) is 11.5 Å². The number of nitrogens with two attached hydrogens (primary N) is 1. The zero-order valence-corrected chi connectivity index (χ0v) is 12.8. The fourth-order valence-electron chi connectivity index (χ4n) is 3.12. The van der Waals surface area contributed by atoms with E-state index in [0.717, 1.165) is 50.5 Å². The van der Waals surface area contributed by atoms with Gasteiger partial charge in [-0.1, -0.05) is 0 Å². The molecule has 0 unspecified atom stereocenters. The quantitative estimate of drug-likeness (QED) is 0.860. The molecule has 0 aromatic heterocycles. The van der Waals surface area contributed by atoms with Crippen LogP contribution in [0, 0.1) is 0 Å². The maximum absolute atomic E-state index is 6.16. The Morgan fingerprint density at radius 3 is 2.43 bits per heavy atom. The molecule has 5 nitrogen and oxygen atoms in total. The summed E-state index contributed by atoms with van der Waals surface area (Å²) in [7, 11) is 1.70. The highest BCUT2D eigenvalue weighted by Gasteiger charge is 2.20. The summed E-state index contributed by atoms with van der Waals surface area (Å²) < 4.78 is 11.6. The smallest absolute Gasteiger partial charge is 0.163 e. The molecule has 1 aliphatic carbocycles. The highest BCUT2D eigenvalue weighted by atomic mass is 16.5. The van der Waals surface area contributed by atoms with Crippen molar-refractivity contribution >= 4 is 5.69 Å². The Balaban J connectivity index is 1.75. The predicted molar refractivity (Wildman–Crippen MR) is 83.9 cm³/mol. The molecule has 1 aromatic rings. The lowest BCUT2D eigenvalue weighted by Gasteiger charge is -2.34. The van der Waals surface area contributed by atoms with Gasteiger partial charge in [0, 0.05) is 37.9 Å². The molecule has 1 aromatic carbocycles. The highest BCUT2D eigenvalue weighted by Crippen LogP contribution is 2.35. The van der Waals surface area contributed by atoms with Crippen LogP contribution in [0.15, 0.2) is 18.2 Å². The molecular formula is C16H25N3O2. The topological polar surface area (TPSA) is 51.0 Å². The number of anilines is 1. The molecule has 116 valence electrons. The van der Waals surface area contributed by atoms with Gasteiger partial charge in [0.25, 0.3) is 0 Å². The zero-order valence-electron chi connectivity index (χ0n) is 12.8. The van der Waals surface area contributed by atoms with E-state index in [4.69, 9.17) is 15.3 Å². The third kappa shape index (κ3) is 3.41. The SMILES string of the molecule is COc1ccc(N2CCN(N)CC2)cc1OC1CCCC1. The second-order valence-corrected chi connectivity index (χ2v) is 5.88. The van der Waals surface area contributed by atoms with Gasteiger partial charge in [-0.2, -0.15) is 0 Å². The van der Waals surface area contributed by atoms with Crippen LogP contribution in [0.3, 0.4) is 0 Å². The fourth-order valence-corrected chi connectivity index (χ4v) is 3.12. The molecule has 3 rings (SSSR count). The average Bonchev–Trinajstić information content (AvgIpc) is 3.01. The van der Waals surface area contributed by atoms with E-state index in [2.05, 4.69) is 17.0 Å². The number of methoxy groups -OCH3 is 1. The maximum Gasteiger partial charge on any atom is 0.163 e. The molecule has 0 bridgehead atoms. The van der Waals surface area contributed by atoms with Gasteiger partial charge in [0.1, 0.15) is 0 Å². The summed E-state index contributed by atoms with van der Waals surface area (Å²) in [6.45, 7) is 3.69. The van der Waals surface area contributed by atoms with Crippen molar-refractivity contribution in [3.63, 3.8) is 0 Å². The minimum atomic E-state index is 0.343. The van der Waals surface area contributed by atoms with Crippen LogP contribution >= 0.6 is 0 Å². The molecule has 21 heavy (non-hydrogen) atoms. The normalized spacial score (nSPS) is 20.8. The first-order valence-electron chi connectivity index (χ1n) is 7.85. The maximum atomic E-state index is 6.16. The predicted octanol–water partition coefficient (Wildman–Crippen LogP) is 2.01. The van der Waals surface area contributed by atoms with Crippen LogP contribution in [-0.4, -0.2) is 44.4 Å². The van der Waals surface area contributed by atoms with E-state index in [1.807, 2.05) is 11.1 Å². The van der Waals surface area contributed by atoms with Crippen LogP contribution < -0.4 is 20.2 Å². The number of hydrogen-bond acceptors (Lipinski definition) is 5. The summed E-state index contributed by atoms with van der Waals surface area (Å²) in [5.41, 5.74) is 1.19. The zero-order chi connectivity index (χ0) is 14.7.